The minimum atomic E-state index is -0.819. The summed E-state index contributed by atoms with van der Waals surface area (Å²) in [4.78, 5) is 35.8. The number of carbonyl (C=O) groups excluding carboxylic acids is 2. The predicted octanol–water partition coefficient (Wildman–Crippen LogP) is 1.57. The molecular weight excluding hydrogens is 689 g/mol. The van der Waals surface area contributed by atoms with E-state index in [1.54, 1.807) is 6.07 Å². The number of methoxy groups -OCH3 is 1. The molecular formula is C22H32BrCsN6O6S. The molecule has 0 spiro atoms. The van der Waals surface area contributed by atoms with Gasteiger partial charge in [-0.05, 0) is 15.9 Å². The zero-order valence-corrected chi connectivity index (χ0v) is 31.1. The second-order valence-electron chi connectivity index (χ2n) is 6.28. The van der Waals surface area contributed by atoms with Crippen LogP contribution < -0.4 is 89.9 Å². The third-order valence-corrected chi connectivity index (χ3v) is 4.79. The Bertz CT molecular complexity index is 1150. The Morgan fingerprint density at radius 1 is 1.19 bits per heavy atom. The van der Waals surface area contributed by atoms with E-state index in [-0.39, 0.29) is 117 Å². The van der Waals surface area contributed by atoms with E-state index in [1.807, 2.05) is 13.8 Å². The molecule has 37 heavy (non-hydrogen) atoms. The summed E-state index contributed by atoms with van der Waals surface area (Å²) < 4.78 is 16.8. The number of hydrogen-bond donors (Lipinski definition) is 2. The van der Waals surface area contributed by atoms with E-state index in [9.17, 15) is 14.4 Å². The van der Waals surface area contributed by atoms with Crippen molar-refractivity contribution in [3.05, 3.63) is 46.4 Å². The fourth-order valence-corrected chi connectivity index (χ4v) is 3.36. The third-order valence-electron chi connectivity index (χ3n) is 3.38. The molecule has 2 N–H and O–H groups in total. The quantitative estimate of drug-likeness (QED) is 0.261. The van der Waals surface area contributed by atoms with E-state index < -0.39 is 11.5 Å². The monoisotopic (exact) mass is 720 g/mol. The Labute approximate surface area is 287 Å². The van der Waals surface area contributed by atoms with E-state index in [1.165, 1.54) is 37.4 Å². The number of hydrogen-bond acceptors (Lipinski definition) is 10. The number of halogens is 1. The molecule has 3 aromatic rings. The first-order valence-electron chi connectivity index (χ1n) is 10.7. The second-order valence-corrected chi connectivity index (χ2v) is 8.09. The molecule has 0 aromatic carbocycles. The summed E-state index contributed by atoms with van der Waals surface area (Å²) in [5.41, 5.74) is -0.819. The minimum absolute atomic E-state index is 0. The van der Waals surface area contributed by atoms with Crippen LogP contribution in [0, 0.1) is 7.43 Å². The average molecular weight is 721 g/mol. The van der Waals surface area contributed by atoms with Crippen LogP contribution in [0.2, 0.25) is 0 Å². The molecule has 0 aliphatic heterocycles. The molecule has 0 bridgehead atoms. The summed E-state index contributed by atoms with van der Waals surface area (Å²) in [5.74, 6) is -0.895. The van der Waals surface area contributed by atoms with Gasteiger partial charge >= 0.3 is 74.5 Å². The number of amides is 2. The minimum Gasteiger partial charge on any atom is -0.483 e. The van der Waals surface area contributed by atoms with Gasteiger partial charge in [-0.1, -0.05) is 45.5 Å². The predicted molar refractivity (Wildman–Crippen MR) is 143 cm³/mol. The van der Waals surface area contributed by atoms with Crippen LogP contribution in [-0.2, 0) is 9.53 Å². The Hall–Kier alpha value is -1.05. The van der Waals surface area contributed by atoms with E-state index in [0.29, 0.717) is 10.9 Å². The van der Waals surface area contributed by atoms with Crippen LogP contribution in [0.15, 0.2) is 32.0 Å². The summed E-state index contributed by atoms with van der Waals surface area (Å²) in [6.07, 6.45) is 2.73. The molecule has 3 heterocycles. The van der Waals surface area contributed by atoms with Crippen molar-refractivity contribution in [3.63, 3.8) is 0 Å². The largest absolute Gasteiger partial charge is 1.00 e. The zero-order chi connectivity index (χ0) is 26.4. The Kier molecular flexibility index (Phi) is 21.5. The molecule has 0 unspecified atom stereocenters. The van der Waals surface area contributed by atoms with Gasteiger partial charge in [-0.15, -0.1) is 10.2 Å². The molecule has 3 rings (SSSR count). The van der Waals surface area contributed by atoms with Gasteiger partial charge in [0.05, 0.1) is 17.3 Å². The molecule has 2 amide bonds. The van der Waals surface area contributed by atoms with Gasteiger partial charge in [0.15, 0.2) is 5.76 Å². The third kappa shape index (κ3) is 12.6. The standard InChI is InChI=1S/C16H15BrN6O6S.C3H8.C2H6.CH3.Cs/c1-8(24)19-11-3-4-18-23(11)16-22-21-15(30-16)20-13(25)10-7-9(17)12(14(26)29-10)28-6-5-27-2;1-3-2;1-2;;/h3-4,7H,5-6H2,1-2H3,(H,19,24)(H,20,21,25);3H2,1-2H3;1-2H3;1H3;/q;;;-1;+1. The van der Waals surface area contributed by atoms with Crippen LogP contribution in [-0.4, -0.2) is 52.1 Å². The number of anilines is 2. The van der Waals surface area contributed by atoms with E-state index in [2.05, 4.69) is 55.7 Å². The maximum atomic E-state index is 12.4. The van der Waals surface area contributed by atoms with E-state index in [0.717, 1.165) is 11.3 Å². The Balaban J connectivity index is 0. The van der Waals surface area contributed by atoms with Crippen molar-refractivity contribution >= 4 is 50.0 Å². The zero-order valence-electron chi connectivity index (χ0n) is 22.4. The number of aromatic nitrogens is 4. The summed E-state index contributed by atoms with van der Waals surface area (Å²) >= 11 is 4.19. The molecule has 200 valence electrons. The molecule has 0 saturated heterocycles. The van der Waals surface area contributed by atoms with Crippen LogP contribution >= 0.6 is 27.3 Å². The number of rotatable bonds is 8. The van der Waals surface area contributed by atoms with Crippen molar-refractivity contribution in [1.29, 1.82) is 0 Å². The van der Waals surface area contributed by atoms with Crippen molar-refractivity contribution in [3.8, 4) is 10.9 Å². The normalized spacial score (nSPS) is 9.27. The van der Waals surface area contributed by atoms with Gasteiger partial charge in [0.25, 0.3) is 5.91 Å². The van der Waals surface area contributed by atoms with Crippen molar-refractivity contribution in [2.24, 2.45) is 0 Å². The molecule has 3 aromatic heterocycles. The molecule has 0 aliphatic carbocycles. The fourth-order valence-electron chi connectivity index (χ4n) is 2.16. The van der Waals surface area contributed by atoms with Crippen LogP contribution in [0.1, 0.15) is 51.6 Å². The summed E-state index contributed by atoms with van der Waals surface area (Å²) in [6, 6.07) is 2.90. The Morgan fingerprint density at radius 2 is 1.84 bits per heavy atom. The molecule has 0 fully saturated rings. The molecule has 15 heteroatoms. The van der Waals surface area contributed by atoms with Crippen molar-refractivity contribution in [2.75, 3.05) is 31.0 Å². The van der Waals surface area contributed by atoms with Crippen molar-refractivity contribution in [1.82, 2.24) is 20.0 Å². The summed E-state index contributed by atoms with van der Waals surface area (Å²) in [5, 5.41) is 17.4. The summed E-state index contributed by atoms with van der Waals surface area (Å²) in [7, 11) is 1.50. The maximum Gasteiger partial charge on any atom is 1.00 e. The number of carbonyl (C=O) groups is 2. The second kappa shape index (κ2) is 20.9. The SMILES string of the molecule is CC.CCC.COCCOc1c(Br)cc(C(=O)Nc2nnc(-n3nccc3NC(C)=O)s2)oc1=O.[CH3-].[Cs+]. The molecule has 0 aliphatic rings. The Morgan fingerprint density at radius 3 is 2.41 bits per heavy atom. The molecule has 0 saturated carbocycles. The smallest absolute Gasteiger partial charge is 0.483 e. The molecule has 12 nitrogen and oxygen atoms in total. The number of nitrogens with zero attached hydrogens (tertiary/aromatic N) is 4. The van der Waals surface area contributed by atoms with Gasteiger partial charge in [-0.3, -0.25) is 14.9 Å². The van der Waals surface area contributed by atoms with Crippen LogP contribution in [0.25, 0.3) is 5.13 Å². The first-order chi connectivity index (χ1) is 16.8. The maximum absolute atomic E-state index is 12.4. The average Bonchev–Trinajstić information content (AvgIpc) is 3.46. The van der Waals surface area contributed by atoms with Gasteiger partial charge in [0, 0.05) is 26.2 Å². The topological polar surface area (TPSA) is 150 Å². The van der Waals surface area contributed by atoms with E-state index in [4.69, 9.17) is 13.9 Å². The van der Waals surface area contributed by atoms with Crippen molar-refractivity contribution < 1.29 is 92.4 Å². The van der Waals surface area contributed by atoms with Gasteiger partial charge in [-0.2, -0.15) is 9.78 Å². The van der Waals surface area contributed by atoms with Crippen LogP contribution in [0.3, 0.4) is 0 Å². The van der Waals surface area contributed by atoms with Crippen LogP contribution in [0.4, 0.5) is 10.9 Å². The van der Waals surface area contributed by atoms with Gasteiger partial charge < -0.3 is 26.6 Å². The molecule has 0 radical (unpaired) electrons. The van der Waals surface area contributed by atoms with Gasteiger partial charge in [0.2, 0.25) is 21.9 Å². The first-order valence-corrected chi connectivity index (χ1v) is 12.3. The summed E-state index contributed by atoms with van der Waals surface area (Å²) in [6.45, 7) is 10.0. The molecule has 0 atom stereocenters. The number of ether oxygens (including phenoxy) is 2. The van der Waals surface area contributed by atoms with Crippen LogP contribution in [0.5, 0.6) is 5.75 Å². The number of nitrogens with one attached hydrogen (secondary N) is 2. The van der Waals surface area contributed by atoms with Gasteiger partial charge in [-0.25, -0.2) is 4.79 Å². The van der Waals surface area contributed by atoms with Crippen molar-refractivity contribution in [2.45, 2.75) is 41.0 Å². The van der Waals surface area contributed by atoms with E-state index >= 15 is 0 Å². The first kappa shape index (κ1) is 38.1. The fraction of sp³-hybridized carbons (Fsp3) is 0.409. The van der Waals surface area contributed by atoms with Gasteiger partial charge in [0.1, 0.15) is 12.4 Å².